The number of anilines is 1. The Morgan fingerprint density at radius 3 is 2.56 bits per heavy atom. The second-order valence-corrected chi connectivity index (χ2v) is 8.22. The molecule has 162 valence electrons. The minimum atomic E-state index is -0.937. The third kappa shape index (κ3) is 4.24. The number of halogens is 1. The maximum atomic E-state index is 11.0. The molecule has 0 bridgehead atoms. The topological polar surface area (TPSA) is 91.3 Å². The summed E-state index contributed by atoms with van der Waals surface area (Å²) in [5.41, 5.74) is 2.95. The molecule has 3 heterocycles. The molecule has 2 aromatic carbocycles. The number of carbonyl (C=O) groups is 1. The highest BCUT2D eigenvalue weighted by atomic mass is 35.5. The normalized spacial score (nSPS) is 14.6. The molecule has 2 aromatic heterocycles. The maximum Gasteiger partial charge on any atom is 0.335 e. The molecule has 0 amide bonds. The van der Waals surface area contributed by atoms with Crippen molar-refractivity contribution in [3.63, 3.8) is 0 Å². The average Bonchev–Trinajstić information content (AvgIpc) is 3.23. The minimum Gasteiger partial charge on any atom is -0.490 e. The number of benzene rings is 2. The molecule has 5 rings (SSSR count). The second-order valence-electron chi connectivity index (χ2n) is 7.79. The van der Waals surface area contributed by atoms with Crippen molar-refractivity contribution in [2.75, 3.05) is 18.0 Å². The van der Waals surface area contributed by atoms with E-state index in [1.54, 1.807) is 24.3 Å². The van der Waals surface area contributed by atoms with Gasteiger partial charge < -0.3 is 19.7 Å². The Morgan fingerprint density at radius 1 is 1.09 bits per heavy atom. The number of pyridine rings is 1. The van der Waals surface area contributed by atoms with Crippen molar-refractivity contribution in [2.45, 2.75) is 18.9 Å². The molecule has 7 nitrogen and oxygen atoms in total. The molecule has 0 unspecified atom stereocenters. The summed E-state index contributed by atoms with van der Waals surface area (Å²) in [6, 6.07) is 16.2. The van der Waals surface area contributed by atoms with E-state index in [1.807, 2.05) is 36.5 Å². The first-order valence-electron chi connectivity index (χ1n) is 10.4. The number of carboxylic acids is 1. The lowest BCUT2D eigenvalue weighted by Crippen LogP contribution is -2.38. The molecular weight excluding hydrogens is 428 g/mol. The zero-order valence-electron chi connectivity index (χ0n) is 17.2. The number of nitrogens with zero attached hydrogens (tertiary/aromatic N) is 3. The molecule has 0 radical (unpaired) electrons. The summed E-state index contributed by atoms with van der Waals surface area (Å²) in [6.45, 7) is 1.68. The van der Waals surface area contributed by atoms with Gasteiger partial charge in [-0.2, -0.15) is 0 Å². The third-order valence-corrected chi connectivity index (χ3v) is 5.87. The number of hydrogen-bond donors (Lipinski definition) is 2. The van der Waals surface area contributed by atoms with Crippen LogP contribution in [0.3, 0.4) is 0 Å². The number of aromatic carboxylic acids is 1. The van der Waals surface area contributed by atoms with E-state index < -0.39 is 5.97 Å². The van der Waals surface area contributed by atoms with Crippen molar-refractivity contribution >= 4 is 34.4 Å². The zero-order valence-corrected chi connectivity index (χ0v) is 17.9. The van der Waals surface area contributed by atoms with Gasteiger partial charge in [0.1, 0.15) is 23.5 Å². The van der Waals surface area contributed by atoms with Gasteiger partial charge in [-0.3, -0.25) is 0 Å². The SMILES string of the molecule is O=C(O)c1ccc(OC2CCN(c3ccc(-c4nc5cc(Cl)ccc5[nH]4)cn3)CC2)cc1. The number of aromatic nitrogens is 3. The van der Waals surface area contributed by atoms with Crippen LogP contribution >= 0.6 is 11.6 Å². The number of nitrogens with one attached hydrogen (secondary N) is 1. The molecule has 4 aromatic rings. The van der Waals surface area contributed by atoms with Crippen LogP contribution in [0.4, 0.5) is 5.82 Å². The predicted octanol–water partition coefficient (Wildman–Crippen LogP) is 5.02. The number of imidazole rings is 1. The number of carboxylic acid groups (broad SMARTS) is 1. The van der Waals surface area contributed by atoms with E-state index in [0.717, 1.165) is 54.2 Å². The van der Waals surface area contributed by atoms with Crippen molar-refractivity contribution in [3.05, 3.63) is 71.4 Å². The summed E-state index contributed by atoms with van der Waals surface area (Å²) >= 11 is 6.05. The molecule has 0 spiro atoms. The first-order chi connectivity index (χ1) is 15.5. The van der Waals surface area contributed by atoms with Crippen LogP contribution in [-0.2, 0) is 0 Å². The highest BCUT2D eigenvalue weighted by Crippen LogP contribution is 2.26. The molecule has 1 saturated heterocycles. The quantitative estimate of drug-likeness (QED) is 0.445. The van der Waals surface area contributed by atoms with Crippen molar-refractivity contribution in [2.24, 2.45) is 0 Å². The second kappa shape index (κ2) is 8.51. The monoisotopic (exact) mass is 448 g/mol. The molecular formula is C24H21ClN4O3. The highest BCUT2D eigenvalue weighted by Gasteiger charge is 2.22. The number of fused-ring (bicyclic) bond motifs is 1. The largest absolute Gasteiger partial charge is 0.490 e. The summed E-state index contributed by atoms with van der Waals surface area (Å²) in [6.07, 6.45) is 3.67. The summed E-state index contributed by atoms with van der Waals surface area (Å²) in [5, 5.41) is 9.66. The summed E-state index contributed by atoms with van der Waals surface area (Å²) in [5.74, 6) is 1.45. The lowest BCUT2D eigenvalue weighted by Gasteiger charge is -2.33. The maximum absolute atomic E-state index is 11.0. The molecule has 0 atom stereocenters. The van der Waals surface area contributed by atoms with Crippen LogP contribution in [0.15, 0.2) is 60.8 Å². The standard InChI is InChI=1S/C24H21ClN4O3/c25-17-4-7-20-21(13-17)28-23(27-20)16-3-8-22(26-14-16)29-11-9-19(10-12-29)32-18-5-1-15(2-6-18)24(30)31/h1-8,13-14,19H,9-12H2,(H,27,28)(H,30,31). The van der Waals surface area contributed by atoms with Crippen LogP contribution in [0.2, 0.25) is 5.02 Å². The van der Waals surface area contributed by atoms with Gasteiger partial charge in [0.2, 0.25) is 0 Å². The van der Waals surface area contributed by atoms with E-state index in [4.69, 9.17) is 21.4 Å². The molecule has 32 heavy (non-hydrogen) atoms. The van der Waals surface area contributed by atoms with Gasteiger partial charge in [-0.15, -0.1) is 0 Å². The number of hydrogen-bond acceptors (Lipinski definition) is 5. The smallest absolute Gasteiger partial charge is 0.335 e. The first kappa shape index (κ1) is 20.3. The van der Waals surface area contributed by atoms with E-state index in [0.29, 0.717) is 10.8 Å². The number of rotatable bonds is 5. The zero-order chi connectivity index (χ0) is 22.1. The van der Waals surface area contributed by atoms with Gasteiger partial charge in [0.05, 0.1) is 16.6 Å². The lowest BCUT2D eigenvalue weighted by atomic mass is 10.1. The Bertz CT molecular complexity index is 1250. The van der Waals surface area contributed by atoms with Crippen LogP contribution < -0.4 is 9.64 Å². The van der Waals surface area contributed by atoms with Gasteiger partial charge in [-0.1, -0.05) is 11.6 Å². The van der Waals surface area contributed by atoms with Crippen molar-refractivity contribution in [3.8, 4) is 17.1 Å². The summed E-state index contributed by atoms with van der Waals surface area (Å²) < 4.78 is 6.03. The van der Waals surface area contributed by atoms with Crippen molar-refractivity contribution < 1.29 is 14.6 Å². The van der Waals surface area contributed by atoms with Crippen molar-refractivity contribution in [1.29, 1.82) is 0 Å². The van der Waals surface area contributed by atoms with Gasteiger partial charge >= 0.3 is 5.97 Å². The minimum absolute atomic E-state index is 0.101. The van der Waals surface area contributed by atoms with Crippen LogP contribution in [0.5, 0.6) is 5.75 Å². The molecule has 1 aliphatic rings. The Balaban J connectivity index is 1.20. The van der Waals surface area contributed by atoms with E-state index in [1.165, 1.54) is 0 Å². The van der Waals surface area contributed by atoms with Gasteiger partial charge in [-0.25, -0.2) is 14.8 Å². The Kier molecular flexibility index (Phi) is 5.41. The third-order valence-electron chi connectivity index (χ3n) is 5.64. The summed E-state index contributed by atoms with van der Waals surface area (Å²) in [4.78, 5) is 25.8. The lowest BCUT2D eigenvalue weighted by molar-refractivity contribution is 0.0697. The Morgan fingerprint density at radius 2 is 1.88 bits per heavy atom. The first-order valence-corrected chi connectivity index (χ1v) is 10.8. The van der Waals surface area contributed by atoms with Gasteiger partial charge in [0.15, 0.2) is 0 Å². The van der Waals surface area contributed by atoms with Gasteiger partial charge in [0, 0.05) is 42.7 Å². The number of aromatic amines is 1. The molecule has 0 saturated carbocycles. The predicted molar refractivity (Wildman–Crippen MR) is 124 cm³/mol. The molecule has 1 aliphatic heterocycles. The fraction of sp³-hybridized carbons (Fsp3) is 0.208. The van der Waals surface area contributed by atoms with E-state index in [9.17, 15) is 4.79 Å². The fourth-order valence-electron chi connectivity index (χ4n) is 3.90. The van der Waals surface area contributed by atoms with Crippen molar-refractivity contribution in [1.82, 2.24) is 15.0 Å². The number of ether oxygens (including phenoxy) is 1. The van der Waals surface area contributed by atoms with Crippen LogP contribution in [0.25, 0.3) is 22.4 Å². The molecule has 0 aliphatic carbocycles. The van der Waals surface area contributed by atoms with Crippen LogP contribution in [0, 0.1) is 0 Å². The van der Waals surface area contributed by atoms with E-state index in [-0.39, 0.29) is 11.7 Å². The van der Waals surface area contributed by atoms with Crippen LogP contribution in [-0.4, -0.2) is 45.2 Å². The molecule has 2 N–H and O–H groups in total. The fourth-order valence-corrected chi connectivity index (χ4v) is 4.07. The molecule has 8 heteroatoms. The molecule has 1 fully saturated rings. The average molecular weight is 449 g/mol. The van der Waals surface area contributed by atoms with E-state index in [2.05, 4.69) is 19.9 Å². The van der Waals surface area contributed by atoms with Gasteiger partial charge in [0.25, 0.3) is 0 Å². The Labute approximate surface area is 189 Å². The number of H-pyrrole nitrogens is 1. The van der Waals surface area contributed by atoms with E-state index >= 15 is 0 Å². The van der Waals surface area contributed by atoms with Gasteiger partial charge in [-0.05, 0) is 54.6 Å². The van der Waals surface area contributed by atoms with Crippen LogP contribution in [0.1, 0.15) is 23.2 Å². The summed E-state index contributed by atoms with van der Waals surface area (Å²) in [7, 11) is 0. The Hall–Kier alpha value is -3.58. The number of piperidine rings is 1. The highest BCUT2D eigenvalue weighted by molar-refractivity contribution is 6.31.